The SMILES string of the molecule is Cc1ncc([N+](=O)[O-])n1CC(=O)Nc1ccccc1I. The van der Waals surface area contributed by atoms with Gasteiger partial charge in [-0.25, -0.2) is 9.55 Å². The van der Waals surface area contributed by atoms with Gasteiger partial charge in [0.05, 0.1) is 5.69 Å². The zero-order valence-corrected chi connectivity index (χ0v) is 12.7. The van der Waals surface area contributed by atoms with Crippen LogP contribution in [0.2, 0.25) is 0 Å². The third-order valence-corrected chi connectivity index (χ3v) is 3.61. The summed E-state index contributed by atoms with van der Waals surface area (Å²) in [5, 5.41) is 13.6. The van der Waals surface area contributed by atoms with Gasteiger partial charge in [-0.05, 0) is 39.6 Å². The van der Waals surface area contributed by atoms with Crippen LogP contribution in [-0.2, 0) is 11.3 Å². The number of nitrogens with zero attached hydrogens (tertiary/aromatic N) is 3. The summed E-state index contributed by atoms with van der Waals surface area (Å²) in [5.41, 5.74) is 0.679. The smallest absolute Gasteiger partial charge is 0.343 e. The van der Waals surface area contributed by atoms with Crippen molar-refractivity contribution in [1.29, 1.82) is 0 Å². The van der Waals surface area contributed by atoms with Gasteiger partial charge in [-0.15, -0.1) is 0 Å². The summed E-state index contributed by atoms with van der Waals surface area (Å²) in [6.45, 7) is 1.47. The molecule has 0 atom stereocenters. The Bertz CT molecular complexity index is 668. The van der Waals surface area contributed by atoms with Gasteiger partial charge in [0.25, 0.3) is 5.91 Å². The number of nitro groups is 1. The Morgan fingerprint density at radius 3 is 2.85 bits per heavy atom. The van der Waals surface area contributed by atoms with Gasteiger partial charge in [0.2, 0.25) is 0 Å². The number of aromatic nitrogens is 2. The van der Waals surface area contributed by atoms with Gasteiger partial charge < -0.3 is 15.4 Å². The van der Waals surface area contributed by atoms with Crippen LogP contribution < -0.4 is 5.32 Å². The highest BCUT2D eigenvalue weighted by atomic mass is 127. The number of rotatable bonds is 4. The minimum Gasteiger partial charge on any atom is -0.358 e. The normalized spacial score (nSPS) is 10.3. The van der Waals surface area contributed by atoms with Crippen molar-refractivity contribution >= 4 is 40.0 Å². The minimum atomic E-state index is -0.556. The predicted molar refractivity (Wildman–Crippen MR) is 81.4 cm³/mol. The minimum absolute atomic E-state index is 0.146. The molecule has 1 N–H and O–H groups in total. The first kappa shape index (κ1) is 14.4. The summed E-state index contributed by atoms with van der Waals surface area (Å²) in [6, 6.07) is 7.31. The van der Waals surface area contributed by atoms with E-state index >= 15 is 0 Å². The van der Waals surface area contributed by atoms with Crippen molar-refractivity contribution in [3.05, 3.63) is 50.0 Å². The number of carbonyl (C=O) groups is 1. The zero-order valence-electron chi connectivity index (χ0n) is 10.5. The average molecular weight is 386 g/mol. The van der Waals surface area contributed by atoms with E-state index in [1.165, 1.54) is 4.57 Å². The molecule has 0 aliphatic rings. The van der Waals surface area contributed by atoms with Crippen LogP contribution in [0.15, 0.2) is 30.5 Å². The molecule has 0 bridgehead atoms. The molecular formula is C12H11IN4O3. The second-order valence-corrected chi connectivity index (χ2v) is 5.20. The molecule has 1 aromatic carbocycles. The number of amides is 1. The standard InChI is InChI=1S/C12H11IN4O3/c1-8-14-6-12(17(19)20)16(8)7-11(18)15-10-5-3-2-4-9(10)13/h2-6H,7H2,1H3,(H,15,18). The van der Waals surface area contributed by atoms with Crippen molar-refractivity contribution in [2.24, 2.45) is 0 Å². The van der Waals surface area contributed by atoms with Gasteiger partial charge >= 0.3 is 5.82 Å². The second-order valence-electron chi connectivity index (χ2n) is 4.03. The quantitative estimate of drug-likeness (QED) is 0.496. The maximum Gasteiger partial charge on any atom is 0.343 e. The van der Waals surface area contributed by atoms with Crippen LogP contribution in [-0.4, -0.2) is 20.4 Å². The van der Waals surface area contributed by atoms with E-state index in [0.29, 0.717) is 11.5 Å². The molecule has 2 rings (SSSR count). The topological polar surface area (TPSA) is 90.1 Å². The molecule has 0 saturated heterocycles. The molecule has 104 valence electrons. The van der Waals surface area contributed by atoms with Crippen molar-refractivity contribution in [3.63, 3.8) is 0 Å². The lowest BCUT2D eigenvalue weighted by atomic mass is 10.3. The number of imidazole rings is 1. The number of benzene rings is 1. The van der Waals surface area contributed by atoms with Crippen LogP contribution >= 0.6 is 22.6 Å². The van der Waals surface area contributed by atoms with Crippen molar-refractivity contribution in [1.82, 2.24) is 9.55 Å². The molecule has 0 saturated carbocycles. The third-order valence-electron chi connectivity index (χ3n) is 2.67. The Balaban J connectivity index is 2.15. The maximum atomic E-state index is 12.0. The Hall–Kier alpha value is -1.97. The van der Waals surface area contributed by atoms with E-state index in [4.69, 9.17) is 0 Å². The number of hydrogen-bond donors (Lipinski definition) is 1. The Labute approximate surface area is 128 Å². The largest absolute Gasteiger partial charge is 0.358 e. The molecule has 1 heterocycles. The van der Waals surface area contributed by atoms with E-state index in [-0.39, 0.29) is 18.3 Å². The highest BCUT2D eigenvalue weighted by Gasteiger charge is 2.20. The first-order valence-corrected chi connectivity index (χ1v) is 6.78. The van der Waals surface area contributed by atoms with E-state index < -0.39 is 4.92 Å². The van der Waals surface area contributed by atoms with E-state index in [9.17, 15) is 14.9 Å². The molecule has 2 aromatic rings. The summed E-state index contributed by atoms with van der Waals surface area (Å²) < 4.78 is 2.17. The van der Waals surface area contributed by atoms with E-state index in [1.54, 1.807) is 13.0 Å². The summed E-state index contributed by atoms with van der Waals surface area (Å²) in [4.78, 5) is 26.1. The highest BCUT2D eigenvalue weighted by Crippen LogP contribution is 2.18. The average Bonchev–Trinajstić information content (AvgIpc) is 2.74. The Kier molecular flexibility index (Phi) is 4.32. The van der Waals surface area contributed by atoms with Gasteiger partial charge in [0.15, 0.2) is 12.4 Å². The molecule has 8 heteroatoms. The van der Waals surface area contributed by atoms with Gasteiger partial charge in [0, 0.05) is 10.5 Å². The molecule has 0 aliphatic carbocycles. The molecule has 0 fully saturated rings. The molecule has 0 aliphatic heterocycles. The summed E-state index contributed by atoms with van der Waals surface area (Å²) in [5.74, 6) is -0.103. The fraction of sp³-hybridized carbons (Fsp3) is 0.167. The maximum absolute atomic E-state index is 12.0. The second kappa shape index (κ2) is 5.99. The van der Waals surface area contributed by atoms with E-state index in [2.05, 4.69) is 32.9 Å². The van der Waals surface area contributed by atoms with Gasteiger partial charge in [0.1, 0.15) is 6.20 Å². The molecule has 0 unspecified atom stereocenters. The van der Waals surface area contributed by atoms with Crippen molar-refractivity contribution in [2.45, 2.75) is 13.5 Å². The first-order chi connectivity index (χ1) is 9.49. The number of hydrogen-bond acceptors (Lipinski definition) is 4. The van der Waals surface area contributed by atoms with Crippen LogP contribution in [0.25, 0.3) is 0 Å². The molecule has 7 nitrogen and oxygen atoms in total. The summed E-state index contributed by atoms with van der Waals surface area (Å²) in [7, 11) is 0. The van der Waals surface area contributed by atoms with Crippen LogP contribution in [0.4, 0.5) is 11.5 Å². The summed E-state index contributed by atoms with van der Waals surface area (Å²) in [6.07, 6.45) is 1.15. The van der Waals surface area contributed by atoms with Crippen LogP contribution in [0.3, 0.4) is 0 Å². The molecule has 0 spiro atoms. The number of aryl methyl sites for hydroxylation is 1. The predicted octanol–water partition coefficient (Wildman–Crippen LogP) is 2.34. The lowest BCUT2D eigenvalue weighted by Gasteiger charge is -2.07. The number of anilines is 1. The van der Waals surface area contributed by atoms with Crippen molar-refractivity contribution in [2.75, 3.05) is 5.32 Å². The third kappa shape index (κ3) is 3.13. The van der Waals surface area contributed by atoms with Crippen molar-refractivity contribution < 1.29 is 9.72 Å². The Morgan fingerprint density at radius 2 is 2.20 bits per heavy atom. The van der Waals surface area contributed by atoms with Crippen molar-refractivity contribution in [3.8, 4) is 0 Å². The molecule has 1 amide bonds. The van der Waals surface area contributed by atoms with Crippen LogP contribution in [0.5, 0.6) is 0 Å². The summed E-state index contributed by atoms with van der Waals surface area (Å²) >= 11 is 2.11. The number of nitrogens with one attached hydrogen (secondary N) is 1. The molecule has 1 aromatic heterocycles. The number of halogens is 1. The van der Waals surface area contributed by atoms with Gasteiger partial charge in [-0.2, -0.15) is 0 Å². The zero-order chi connectivity index (χ0) is 14.7. The first-order valence-electron chi connectivity index (χ1n) is 5.70. The van der Waals surface area contributed by atoms with Crippen LogP contribution in [0.1, 0.15) is 5.82 Å². The van der Waals surface area contributed by atoms with Gasteiger partial charge in [-0.3, -0.25) is 4.79 Å². The molecular weight excluding hydrogens is 375 g/mol. The highest BCUT2D eigenvalue weighted by molar-refractivity contribution is 14.1. The molecule has 0 radical (unpaired) electrons. The van der Waals surface area contributed by atoms with E-state index in [0.717, 1.165) is 9.77 Å². The Morgan fingerprint density at radius 1 is 1.50 bits per heavy atom. The molecule has 20 heavy (non-hydrogen) atoms. The fourth-order valence-electron chi connectivity index (χ4n) is 1.69. The number of para-hydroxylation sites is 1. The van der Waals surface area contributed by atoms with Crippen LogP contribution in [0, 0.1) is 20.6 Å². The lowest BCUT2D eigenvalue weighted by Crippen LogP contribution is -2.20. The fourth-order valence-corrected chi connectivity index (χ4v) is 2.22. The lowest BCUT2D eigenvalue weighted by molar-refractivity contribution is -0.392. The number of carbonyl (C=O) groups excluding carboxylic acids is 1. The van der Waals surface area contributed by atoms with Gasteiger partial charge in [-0.1, -0.05) is 12.1 Å². The van der Waals surface area contributed by atoms with E-state index in [1.807, 2.05) is 18.2 Å². The monoisotopic (exact) mass is 386 g/mol.